The van der Waals surface area contributed by atoms with Crippen LogP contribution in [-0.2, 0) is 11.3 Å². The second kappa shape index (κ2) is 3.96. The molecular weight excluding hydrogens is 176 g/mol. The molecule has 1 heterocycles. The average molecular weight is 192 g/mol. The monoisotopic (exact) mass is 192 g/mol. The van der Waals surface area contributed by atoms with E-state index < -0.39 is 0 Å². The van der Waals surface area contributed by atoms with Gasteiger partial charge in [0.25, 0.3) is 0 Å². The first-order valence-corrected chi connectivity index (χ1v) is 5.09. The van der Waals surface area contributed by atoms with Crippen molar-refractivity contribution in [2.45, 2.75) is 38.9 Å². The van der Waals surface area contributed by atoms with Crippen molar-refractivity contribution in [3.8, 4) is 0 Å². The van der Waals surface area contributed by atoms with Gasteiger partial charge in [-0.05, 0) is 43.9 Å². The maximum Gasteiger partial charge on any atom is 0.123 e. The third kappa shape index (κ3) is 2.23. The van der Waals surface area contributed by atoms with Crippen molar-refractivity contribution < 1.29 is 4.74 Å². The van der Waals surface area contributed by atoms with Crippen molar-refractivity contribution in [1.29, 1.82) is 0 Å². The van der Waals surface area contributed by atoms with Crippen LogP contribution in [0.2, 0.25) is 0 Å². The van der Waals surface area contributed by atoms with E-state index in [9.17, 15) is 0 Å². The topological polar surface area (TPSA) is 48.1 Å². The molecule has 1 aliphatic rings. The average Bonchev–Trinajstić information content (AvgIpc) is 1.99. The molecule has 14 heavy (non-hydrogen) atoms. The lowest BCUT2D eigenvalue weighted by Gasteiger charge is -2.25. The molecule has 0 saturated heterocycles. The van der Waals surface area contributed by atoms with Gasteiger partial charge >= 0.3 is 0 Å². The zero-order valence-electron chi connectivity index (χ0n) is 8.49. The first kappa shape index (κ1) is 9.46. The SMILES string of the molecule is Cc1cc(COC2CCC2)cc(N)n1. The van der Waals surface area contributed by atoms with Gasteiger partial charge in [0.1, 0.15) is 5.82 Å². The van der Waals surface area contributed by atoms with Crippen molar-refractivity contribution in [3.05, 3.63) is 23.4 Å². The van der Waals surface area contributed by atoms with E-state index in [4.69, 9.17) is 10.5 Å². The molecule has 1 aromatic rings. The number of hydrogen-bond acceptors (Lipinski definition) is 3. The highest BCUT2D eigenvalue weighted by molar-refractivity contribution is 5.34. The normalized spacial score (nSPS) is 16.6. The molecule has 0 aliphatic heterocycles. The Morgan fingerprint density at radius 2 is 2.29 bits per heavy atom. The summed E-state index contributed by atoms with van der Waals surface area (Å²) in [6.07, 6.45) is 4.20. The van der Waals surface area contributed by atoms with Crippen molar-refractivity contribution in [2.75, 3.05) is 5.73 Å². The summed E-state index contributed by atoms with van der Waals surface area (Å²) in [7, 11) is 0. The Morgan fingerprint density at radius 1 is 1.50 bits per heavy atom. The van der Waals surface area contributed by atoms with Gasteiger partial charge in [0.2, 0.25) is 0 Å². The van der Waals surface area contributed by atoms with Crippen LogP contribution in [-0.4, -0.2) is 11.1 Å². The van der Waals surface area contributed by atoms with Gasteiger partial charge < -0.3 is 10.5 Å². The molecule has 1 aliphatic carbocycles. The molecule has 1 aromatic heterocycles. The summed E-state index contributed by atoms with van der Waals surface area (Å²) in [5, 5.41) is 0. The molecule has 3 nitrogen and oxygen atoms in total. The molecule has 0 bridgehead atoms. The maximum absolute atomic E-state index is 5.69. The number of nitrogens with zero attached hydrogens (tertiary/aromatic N) is 1. The summed E-state index contributed by atoms with van der Waals surface area (Å²) in [6, 6.07) is 3.90. The van der Waals surface area contributed by atoms with Crippen molar-refractivity contribution in [2.24, 2.45) is 0 Å². The molecule has 0 aromatic carbocycles. The number of ether oxygens (including phenoxy) is 1. The molecule has 1 saturated carbocycles. The van der Waals surface area contributed by atoms with Crippen LogP contribution in [0, 0.1) is 6.92 Å². The van der Waals surface area contributed by atoms with Gasteiger partial charge in [-0.3, -0.25) is 0 Å². The fourth-order valence-electron chi connectivity index (χ4n) is 1.60. The van der Waals surface area contributed by atoms with Gasteiger partial charge in [0.15, 0.2) is 0 Å². The summed E-state index contributed by atoms with van der Waals surface area (Å²) >= 11 is 0. The summed E-state index contributed by atoms with van der Waals surface area (Å²) in [5.41, 5.74) is 7.73. The summed E-state index contributed by atoms with van der Waals surface area (Å²) < 4.78 is 5.69. The molecule has 3 heteroatoms. The second-order valence-corrected chi connectivity index (χ2v) is 3.91. The number of rotatable bonds is 3. The van der Waals surface area contributed by atoms with Crippen molar-refractivity contribution in [3.63, 3.8) is 0 Å². The molecular formula is C11H16N2O. The number of anilines is 1. The lowest BCUT2D eigenvalue weighted by molar-refractivity contribution is -0.00868. The predicted octanol–water partition coefficient (Wildman–Crippen LogP) is 2.04. The Morgan fingerprint density at radius 3 is 2.86 bits per heavy atom. The molecule has 2 N–H and O–H groups in total. The maximum atomic E-state index is 5.69. The minimum Gasteiger partial charge on any atom is -0.384 e. The summed E-state index contributed by atoms with van der Waals surface area (Å²) in [5.74, 6) is 0.581. The van der Waals surface area contributed by atoms with Crippen LogP contribution in [0.4, 0.5) is 5.82 Å². The van der Waals surface area contributed by atoms with E-state index in [1.54, 1.807) is 0 Å². The smallest absolute Gasteiger partial charge is 0.123 e. The lowest BCUT2D eigenvalue weighted by atomic mass is 9.96. The van der Waals surface area contributed by atoms with Crippen LogP contribution >= 0.6 is 0 Å². The molecule has 0 radical (unpaired) electrons. The van der Waals surface area contributed by atoms with Crippen molar-refractivity contribution in [1.82, 2.24) is 4.98 Å². The minimum atomic E-state index is 0.477. The Labute approximate surface area is 84.3 Å². The third-order valence-corrected chi connectivity index (χ3v) is 2.57. The number of hydrogen-bond donors (Lipinski definition) is 1. The Kier molecular flexibility index (Phi) is 2.68. The van der Waals surface area contributed by atoms with Crippen LogP contribution in [0.25, 0.3) is 0 Å². The molecule has 1 fully saturated rings. The molecule has 0 amide bonds. The number of nitrogens with two attached hydrogens (primary N) is 1. The number of aryl methyl sites for hydroxylation is 1. The Balaban J connectivity index is 1.94. The van der Waals surface area contributed by atoms with Gasteiger partial charge in [-0.2, -0.15) is 0 Å². The van der Waals surface area contributed by atoms with Crippen LogP contribution in [0.1, 0.15) is 30.5 Å². The van der Waals surface area contributed by atoms with Gasteiger partial charge in [0, 0.05) is 5.69 Å². The summed E-state index contributed by atoms with van der Waals surface area (Å²) in [6.45, 7) is 2.61. The zero-order valence-corrected chi connectivity index (χ0v) is 8.49. The standard InChI is InChI=1S/C11H16N2O/c1-8-5-9(6-11(12)13-8)7-14-10-3-2-4-10/h5-6,10H,2-4,7H2,1H3,(H2,12,13). The van der Waals surface area contributed by atoms with Crippen molar-refractivity contribution >= 4 is 5.82 Å². The Hall–Kier alpha value is -1.09. The molecule has 0 unspecified atom stereocenters. The quantitative estimate of drug-likeness (QED) is 0.797. The fourth-order valence-corrected chi connectivity index (χ4v) is 1.60. The van der Waals surface area contributed by atoms with E-state index in [1.165, 1.54) is 19.3 Å². The predicted molar refractivity (Wildman–Crippen MR) is 55.8 cm³/mol. The van der Waals surface area contributed by atoms with E-state index in [1.807, 2.05) is 19.1 Å². The molecule has 76 valence electrons. The highest BCUT2D eigenvalue weighted by Crippen LogP contribution is 2.23. The highest BCUT2D eigenvalue weighted by atomic mass is 16.5. The van der Waals surface area contributed by atoms with E-state index in [2.05, 4.69) is 4.98 Å². The van der Waals surface area contributed by atoms with Gasteiger partial charge in [-0.1, -0.05) is 0 Å². The van der Waals surface area contributed by atoms with Gasteiger partial charge in [-0.25, -0.2) is 4.98 Å². The van der Waals surface area contributed by atoms with Crippen LogP contribution in [0.5, 0.6) is 0 Å². The van der Waals surface area contributed by atoms with E-state index in [0.29, 0.717) is 18.5 Å². The molecule has 0 atom stereocenters. The van der Waals surface area contributed by atoms with Crippen LogP contribution in [0.3, 0.4) is 0 Å². The number of aromatic nitrogens is 1. The van der Waals surface area contributed by atoms with E-state index in [0.717, 1.165) is 11.3 Å². The van der Waals surface area contributed by atoms with Gasteiger partial charge in [0.05, 0.1) is 12.7 Å². The van der Waals surface area contributed by atoms with Gasteiger partial charge in [-0.15, -0.1) is 0 Å². The first-order valence-electron chi connectivity index (χ1n) is 5.09. The number of nitrogen functional groups attached to an aromatic ring is 1. The van der Waals surface area contributed by atoms with E-state index >= 15 is 0 Å². The first-order chi connectivity index (χ1) is 6.74. The number of pyridine rings is 1. The molecule has 2 rings (SSSR count). The lowest BCUT2D eigenvalue weighted by Crippen LogP contribution is -2.21. The second-order valence-electron chi connectivity index (χ2n) is 3.91. The van der Waals surface area contributed by atoms with E-state index in [-0.39, 0.29) is 0 Å². The molecule has 0 spiro atoms. The third-order valence-electron chi connectivity index (χ3n) is 2.57. The van der Waals surface area contributed by atoms with Crippen LogP contribution < -0.4 is 5.73 Å². The minimum absolute atomic E-state index is 0.477. The zero-order chi connectivity index (χ0) is 9.97. The summed E-state index contributed by atoms with van der Waals surface area (Å²) in [4.78, 5) is 4.12. The highest BCUT2D eigenvalue weighted by Gasteiger charge is 2.17. The Bertz CT molecular complexity index is 301. The van der Waals surface area contributed by atoms with Crippen LogP contribution in [0.15, 0.2) is 12.1 Å². The largest absolute Gasteiger partial charge is 0.384 e. The fraction of sp³-hybridized carbons (Fsp3) is 0.545.